The molecule has 0 radical (unpaired) electrons. The van der Waals surface area contributed by atoms with Gasteiger partial charge in [-0.15, -0.1) is 11.3 Å². The molecule has 3 aromatic rings. The second kappa shape index (κ2) is 5.78. The molecule has 0 spiro atoms. The van der Waals surface area contributed by atoms with Crippen molar-refractivity contribution in [2.75, 3.05) is 6.54 Å². The van der Waals surface area contributed by atoms with Crippen LogP contribution in [-0.2, 0) is 0 Å². The number of rotatable bonds is 2. The maximum Gasteiger partial charge on any atom is 0.254 e. The number of hydrogen-bond acceptors (Lipinski definition) is 3. The van der Waals surface area contributed by atoms with Crippen LogP contribution in [0.4, 0.5) is 0 Å². The minimum absolute atomic E-state index is 0.111. The van der Waals surface area contributed by atoms with Crippen LogP contribution in [0.5, 0.6) is 0 Å². The number of fused-ring (bicyclic) bond motifs is 1. The van der Waals surface area contributed by atoms with Gasteiger partial charge in [0.1, 0.15) is 5.01 Å². The van der Waals surface area contributed by atoms with Gasteiger partial charge in [-0.25, -0.2) is 4.98 Å². The number of likely N-dealkylation sites (tertiary alicyclic amines) is 1. The number of amides is 1. The van der Waals surface area contributed by atoms with Crippen LogP contribution < -0.4 is 0 Å². The zero-order chi connectivity index (χ0) is 15.8. The summed E-state index contributed by atoms with van der Waals surface area (Å²) >= 11 is 1.71. The quantitative estimate of drug-likeness (QED) is 0.692. The molecule has 3 nitrogen and oxygen atoms in total. The summed E-state index contributed by atoms with van der Waals surface area (Å²) in [6, 6.07) is 16.1. The van der Waals surface area contributed by atoms with E-state index in [1.165, 1.54) is 4.70 Å². The Balaban J connectivity index is 1.67. The molecule has 1 amide bonds. The molecule has 1 saturated heterocycles. The topological polar surface area (TPSA) is 33.2 Å². The standard InChI is InChI=1S/C19H18N2OS/c1-13-6-4-7-14(12-13)19(22)21-11-5-9-16(21)18-20-15-8-2-3-10-17(15)23-18/h2-4,6-8,10,12,16H,5,9,11H2,1H3. The molecule has 0 N–H and O–H groups in total. The lowest BCUT2D eigenvalue weighted by Gasteiger charge is -2.23. The molecular weight excluding hydrogens is 304 g/mol. The summed E-state index contributed by atoms with van der Waals surface area (Å²) in [6.45, 7) is 2.83. The lowest BCUT2D eigenvalue weighted by Crippen LogP contribution is -2.30. The fraction of sp³-hybridized carbons (Fsp3) is 0.263. The van der Waals surface area contributed by atoms with Crippen molar-refractivity contribution in [3.8, 4) is 0 Å². The summed E-state index contributed by atoms with van der Waals surface area (Å²) in [5, 5.41) is 1.06. The van der Waals surface area contributed by atoms with E-state index in [0.717, 1.165) is 41.0 Å². The number of carbonyl (C=O) groups is 1. The molecule has 2 heterocycles. The normalized spacial score (nSPS) is 17.8. The fourth-order valence-electron chi connectivity index (χ4n) is 3.24. The molecular formula is C19H18N2OS. The summed E-state index contributed by atoms with van der Waals surface area (Å²) in [6.07, 6.45) is 2.04. The van der Waals surface area contributed by atoms with Crippen molar-refractivity contribution in [1.29, 1.82) is 0 Å². The first-order valence-electron chi connectivity index (χ1n) is 7.95. The molecule has 4 rings (SSSR count). The van der Waals surface area contributed by atoms with E-state index in [9.17, 15) is 4.79 Å². The predicted molar refractivity (Wildman–Crippen MR) is 93.8 cm³/mol. The first-order chi connectivity index (χ1) is 11.2. The summed E-state index contributed by atoms with van der Waals surface area (Å²) in [7, 11) is 0. The molecule has 23 heavy (non-hydrogen) atoms. The monoisotopic (exact) mass is 322 g/mol. The van der Waals surface area contributed by atoms with E-state index in [-0.39, 0.29) is 11.9 Å². The minimum atomic E-state index is 0.111. The zero-order valence-electron chi connectivity index (χ0n) is 13.0. The number of benzene rings is 2. The second-order valence-corrected chi connectivity index (χ2v) is 7.11. The molecule has 1 fully saturated rings. The van der Waals surface area contributed by atoms with Crippen LogP contribution in [0.3, 0.4) is 0 Å². The second-order valence-electron chi connectivity index (χ2n) is 6.05. The van der Waals surface area contributed by atoms with Gasteiger partial charge in [-0.05, 0) is 44.0 Å². The average Bonchev–Trinajstić information content (AvgIpc) is 3.20. The number of nitrogens with zero attached hydrogens (tertiary/aromatic N) is 2. The molecule has 1 aromatic heterocycles. The van der Waals surface area contributed by atoms with Crippen molar-refractivity contribution >= 4 is 27.5 Å². The lowest BCUT2D eigenvalue weighted by molar-refractivity contribution is 0.0735. The third kappa shape index (κ3) is 2.63. The molecule has 1 atom stereocenters. The number of aryl methyl sites for hydroxylation is 1. The van der Waals surface area contributed by atoms with Gasteiger partial charge in [-0.3, -0.25) is 4.79 Å². The van der Waals surface area contributed by atoms with Crippen LogP contribution >= 0.6 is 11.3 Å². The predicted octanol–water partition coefficient (Wildman–Crippen LogP) is 4.58. The van der Waals surface area contributed by atoms with Crippen molar-refractivity contribution in [3.05, 3.63) is 64.7 Å². The Bertz CT molecular complexity index is 837. The van der Waals surface area contributed by atoms with Crippen molar-refractivity contribution in [1.82, 2.24) is 9.88 Å². The van der Waals surface area contributed by atoms with E-state index in [2.05, 4.69) is 6.07 Å². The lowest BCUT2D eigenvalue weighted by atomic mass is 10.1. The summed E-state index contributed by atoms with van der Waals surface area (Å²) in [4.78, 5) is 19.7. The highest BCUT2D eigenvalue weighted by atomic mass is 32.1. The number of para-hydroxylation sites is 1. The Hall–Kier alpha value is -2.20. The van der Waals surface area contributed by atoms with E-state index in [0.29, 0.717) is 0 Å². The number of carbonyl (C=O) groups excluding carboxylic acids is 1. The molecule has 1 aliphatic heterocycles. The molecule has 0 aliphatic carbocycles. The molecule has 1 aliphatic rings. The van der Waals surface area contributed by atoms with Crippen LogP contribution in [0.2, 0.25) is 0 Å². The zero-order valence-corrected chi connectivity index (χ0v) is 13.8. The Morgan fingerprint density at radius 1 is 1.22 bits per heavy atom. The van der Waals surface area contributed by atoms with Crippen LogP contribution in [0.15, 0.2) is 48.5 Å². The van der Waals surface area contributed by atoms with Gasteiger partial charge in [0.25, 0.3) is 5.91 Å². The Morgan fingerprint density at radius 3 is 2.91 bits per heavy atom. The van der Waals surface area contributed by atoms with E-state index in [1.54, 1.807) is 11.3 Å². The summed E-state index contributed by atoms with van der Waals surface area (Å²) < 4.78 is 1.19. The van der Waals surface area contributed by atoms with Gasteiger partial charge < -0.3 is 4.90 Å². The van der Waals surface area contributed by atoms with E-state index < -0.39 is 0 Å². The van der Waals surface area contributed by atoms with Crippen LogP contribution in [0, 0.1) is 6.92 Å². The van der Waals surface area contributed by atoms with Gasteiger partial charge in [0, 0.05) is 12.1 Å². The Morgan fingerprint density at radius 2 is 2.09 bits per heavy atom. The molecule has 1 unspecified atom stereocenters. The SMILES string of the molecule is Cc1cccc(C(=O)N2CCCC2c2nc3ccccc3s2)c1. The molecule has 116 valence electrons. The van der Waals surface area contributed by atoms with Crippen molar-refractivity contribution < 1.29 is 4.79 Å². The van der Waals surface area contributed by atoms with Gasteiger partial charge in [0.05, 0.1) is 16.3 Å². The van der Waals surface area contributed by atoms with Gasteiger partial charge >= 0.3 is 0 Å². The van der Waals surface area contributed by atoms with Gasteiger partial charge in [-0.2, -0.15) is 0 Å². The van der Waals surface area contributed by atoms with Crippen LogP contribution in [-0.4, -0.2) is 22.3 Å². The smallest absolute Gasteiger partial charge is 0.254 e. The van der Waals surface area contributed by atoms with Crippen molar-refractivity contribution in [2.24, 2.45) is 0 Å². The van der Waals surface area contributed by atoms with Gasteiger partial charge in [0.2, 0.25) is 0 Å². The summed E-state index contributed by atoms with van der Waals surface area (Å²) in [5.41, 5.74) is 2.92. The molecule has 2 aromatic carbocycles. The van der Waals surface area contributed by atoms with E-state index >= 15 is 0 Å². The van der Waals surface area contributed by atoms with Crippen LogP contribution in [0.1, 0.15) is 39.8 Å². The third-order valence-corrected chi connectivity index (χ3v) is 5.51. The average molecular weight is 322 g/mol. The molecule has 4 heteroatoms. The summed E-state index contributed by atoms with van der Waals surface area (Å²) in [5.74, 6) is 0.121. The largest absolute Gasteiger partial charge is 0.329 e. The Labute approximate surface area is 139 Å². The van der Waals surface area contributed by atoms with Crippen molar-refractivity contribution in [2.45, 2.75) is 25.8 Å². The van der Waals surface area contributed by atoms with Crippen LogP contribution in [0.25, 0.3) is 10.2 Å². The minimum Gasteiger partial charge on any atom is -0.329 e. The highest BCUT2D eigenvalue weighted by Gasteiger charge is 2.32. The first kappa shape index (κ1) is 14.4. The van der Waals surface area contributed by atoms with Crippen molar-refractivity contribution in [3.63, 3.8) is 0 Å². The maximum atomic E-state index is 12.9. The number of thiazole rings is 1. The highest BCUT2D eigenvalue weighted by molar-refractivity contribution is 7.18. The van der Waals surface area contributed by atoms with Gasteiger partial charge in [0.15, 0.2) is 0 Å². The fourth-order valence-corrected chi connectivity index (χ4v) is 4.36. The van der Waals surface area contributed by atoms with E-state index in [1.807, 2.05) is 54.3 Å². The Kier molecular flexibility index (Phi) is 3.62. The first-order valence-corrected chi connectivity index (χ1v) is 8.77. The van der Waals surface area contributed by atoms with E-state index in [4.69, 9.17) is 4.98 Å². The highest BCUT2D eigenvalue weighted by Crippen LogP contribution is 2.37. The number of hydrogen-bond donors (Lipinski definition) is 0. The maximum absolute atomic E-state index is 12.9. The number of aromatic nitrogens is 1. The molecule has 0 saturated carbocycles. The molecule has 0 bridgehead atoms. The van der Waals surface area contributed by atoms with Gasteiger partial charge in [-0.1, -0.05) is 29.8 Å². The third-order valence-electron chi connectivity index (χ3n) is 4.37.